The molecule has 0 aromatic heterocycles. The molecule has 0 aromatic rings. The van der Waals surface area contributed by atoms with Crippen LogP contribution in [0.1, 0.15) is 47.0 Å². The van der Waals surface area contributed by atoms with Crippen molar-refractivity contribution in [2.45, 2.75) is 47.0 Å². The van der Waals surface area contributed by atoms with E-state index in [1.54, 1.807) is 5.57 Å². The fourth-order valence-corrected chi connectivity index (χ4v) is 4.70. The maximum Gasteiger partial charge on any atom is -0.0167 e. The maximum absolute atomic E-state index is 2.57. The van der Waals surface area contributed by atoms with E-state index in [9.17, 15) is 0 Å². The molecule has 0 bridgehead atoms. The Bertz CT molecular complexity index is 312. The summed E-state index contributed by atoms with van der Waals surface area (Å²) in [6.45, 7) is 9.79. The van der Waals surface area contributed by atoms with Gasteiger partial charge in [0.25, 0.3) is 0 Å². The minimum atomic E-state index is 0.728. The van der Waals surface area contributed by atoms with Crippen molar-refractivity contribution in [3.63, 3.8) is 0 Å². The summed E-state index contributed by atoms with van der Waals surface area (Å²) in [7, 11) is 0. The van der Waals surface area contributed by atoms with E-state index in [0.29, 0.717) is 0 Å². The molecule has 0 heteroatoms. The van der Waals surface area contributed by atoms with Crippen LogP contribution in [0.3, 0.4) is 0 Å². The van der Waals surface area contributed by atoms with Crippen molar-refractivity contribution < 1.29 is 0 Å². The van der Waals surface area contributed by atoms with Gasteiger partial charge in [-0.05, 0) is 61.2 Å². The van der Waals surface area contributed by atoms with Crippen LogP contribution in [0, 0.1) is 35.0 Å². The molecule has 84 valence electrons. The molecule has 5 atom stereocenters. The van der Waals surface area contributed by atoms with Crippen LogP contribution in [0.5, 0.6) is 0 Å². The molecule has 3 rings (SSSR count). The third-order valence-corrected chi connectivity index (χ3v) is 5.86. The van der Waals surface area contributed by atoms with Gasteiger partial charge in [-0.2, -0.15) is 0 Å². The van der Waals surface area contributed by atoms with E-state index in [0.717, 1.165) is 35.0 Å². The first-order valence-electron chi connectivity index (χ1n) is 6.70. The summed E-state index contributed by atoms with van der Waals surface area (Å²) in [4.78, 5) is 0. The fourth-order valence-electron chi connectivity index (χ4n) is 4.70. The molecule has 0 heterocycles. The number of hydrogen-bond donors (Lipinski definition) is 0. The summed E-state index contributed by atoms with van der Waals surface area (Å²) in [5, 5.41) is 0. The van der Waals surface area contributed by atoms with E-state index in [1.165, 1.54) is 19.3 Å². The second kappa shape index (κ2) is 2.90. The van der Waals surface area contributed by atoms with Crippen LogP contribution >= 0.6 is 0 Å². The predicted octanol–water partition coefficient (Wildman–Crippen LogP) is 4.27. The van der Waals surface area contributed by atoms with E-state index in [2.05, 4.69) is 33.8 Å². The normalized spacial score (nSPS) is 52.5. The van der Waals surface area contributed by atoms with E-state index < -0.39 is 0 Å². The summed E-state index contributed by atoms with van der Waals surface area (Å²) >= 11 is 0. The van der Waals surface area contributed by atoms with Gasteiger partial charge in [-0.1, -0.05) is 32.4 Å². The molecule has 15 heavy (non-hydrogen) atoms. The molecule has 5 unspecified atom stereocenters. The highest BCUT2D eigenvalue weighted by Crippen LogP contribution is 2.71. The van der Waals surface area contributed by atoms with Gasteiger partial charge >= 0.3 is 0 Å². The van der Waals surface area contributed by atoms with Crippen LogP contribution in [0.2, 0.25) is 0 Å². The van der Waals surface area contributed by atoms with Gasteiger partial charge in [0.1, 0.15) is 0 Å². The third-order valence-electron chi connectivity index (χ3n) is 5.86. The standard InChI is InChI=1S/C15H24/c1-9(2)11-7-12-10(3)5-6-13(12)15(4)8-14(11)15/h5,9,11-14H,6-8H2,1-4H3. The van der Waals surface area contributed by atoms with Crippen molar-refractivity contribution in [2.24, 2.45) is 35.0 Å². The monoisotopic (exact) mass is 204 g/mol. The van der Waals surface area contributed by atoms with Gasteiger partial charge < -0.3 is 0 Å². The van der Waals surface area contributed by atoms with Crippen LogP contribution in [0.15, 0.2) is 11.6 Å². The number of rotatable bonds is 1. The number of hydrogen-bond acceptors (Lipinski definition) is 0. The van der Waals surface area contributed by atoms with Gasteiger partial charge in [0.15, 0.2) is 0 Å². The van der Waals surface area contributed by atoms with Crippen molar-refractivity contribution in [1.82, 2.24) is 0 Å². The molecule has 0 radical (unpaired) electrons. The molecular weight excluding hydrogens is 180 g/mol. The Morgan fingerprint density at radius 2 is 2.07 bits per heavy atom. The molecule has 0 aliphatic heterocycles. The lowest BCUT2D eigenvalue weighted by atomic mass is 9.65. The van der Waals surface area contributed by atoms with Crippen LogP contribution < -0.4 is 0 Å². The Balaban J connectivity index is 1.88. The summed E-state index contributed by atoms with van der Waals surface area (Å²) in [6.07, 6.45) is 6.93. The largest absolute Gasteiger partial charge is 0.0850 e. The Hall–Kier alpha value is -0.260. The molecule has 2 saturated carbocycles. The van der Waals surface area contributed by atoms with Gasteiger partial charge in [-0.15, -0.1) is 0 Å². The molecule has 0 spiro atoms. The lowest BCUT2D eigenvalue weighted by Gasteiger charge is -2.39. The average molecular weight is 204 g/mol. The van der Waals surface area contributed by atoms with Crippen molar-refractivity contribution in [3.8, 4) is 0 Å². The quantitative estimate of drug-likeness (QED) is 0.559. The van der Waals surface area contributed by atoms with E-state index in [-0.39, 0.29) is 0 Å². The Morgan fingerprint density at radius 3 is 2.73 bits per heavy atom. The lowest BCUT2D eigenvalue weighted by Crippen LogP contribution is -2.33. The minimum Gasteiger partial charge on any atom is -0.0850 e. The highest BCUT2D eigenvalue weighted by atomic mass is 14.7. The van der Waals surface area contributed by atoms with Crippen LogP contribution in [0.25, 0.3) is 0 Å². The minimum absolute atomic E-state index is 0.728. The zero-order valence-electron chi connectivity index (χ0n) is 10.6. The van der Waals surface area contributed by atoms with Crippen molar-refractivity contribution in [2.75, 3.05) is 0 Å². The second-order valence-electron chi connectivity index (χ2n) is 6.86. The Morgan fingerprint density at radius 1 is 1.33 bits per heavy atom. The molecule has 3 aliphatic carbocycles. The molecule has 0 aromatic carbocycles. The summed E-state index contributed by atoms with van der Waals surface area (Å²) in [6, 6.07) is 0. The summed E-state index contributed by atoms with van der Waals surface area (Å²) in [5.74, 6) is 4.93. The zero-order chi connectivity index (χ0) is 10.8. The molecule has 0 amide bonds. The molecular formula is C15H24. The Kier molecular flexibility index (Phi) is 1.92. The topological polar surface area (TPSA) is 0 Å². The van der Waals surface area contributed by atoms with Gasteiger partial charge in [0.2, 0.25) is 0 Å². The molecule has 0 N–H and O–H groups in total. The smallest absolute Gasteiger partial charge is 0.0167 e. The molecule has 2 fully saturated rings. The van der Waals surface area contributed by atoms with E-state index in [4.69, 9.17) is 0 Å². The van der Waals surface area contributed by atoms with Crippen molar-refractivity contribution in [3.05, 3.63) is 11.6 Å². The fraction of sp³-hybridized carbons (Fsp3) is 0.867. The molecule has 3 aliphatic rings. The molecule has 0 nitrogen and oxygen atoms in total. The average Bonchev–Trinajstić information content (AvgIpc) is 2.72. The summed E-state index contributed by atoms with van der Waals surface area (Å²) in [5.41, 5.74) is 2.43. The van der Waals surface area contributed by atoms with Crippen molar-refractivity contribution in [1.29, 1.82) is 0 Å². The highest BCUT2D eigenvalue weighted by molar-refractivity contribution is 5.23. The number of allylic oxidation sites excluding steroid dienone is 2. The zero-order valence-corrected chi connectivity index (χ0v) is 10.6. The van der Waals surface area contributed by atoms with Crippen LogP contribution in [-0.2, 0) is 0 Å². The van der Waals surface area contributed by atoms with Gasteiger partial charge in [0, 0.05) is 0 Å². The predicted molar refractivity (Wildman–Crippen MR) is 64.5 cm³/mol. The maximum atomic E-state index is 2.57. The lowest BCUT2D eigenvalue weighted by molar-refractivity contribution is 0.114. The Labute approximate surface area is 94.1 Å². The van der Waals surface area contributed by atoms with Crippen molar-refractivity contribution >= 4 is 0 Å². The summed E-state index contributed by atoms with van der Waals surface area (Å²) < 4.78 is 0. The SMILES string of the molecule is CC1=CCC2C1CC(C(C)C)C1CC21C. The van der Waals surface area contributed by atoms with Gasteiger partial charge in [0.05, 0.1) is 0 Å². The molecule has 0 saturated heterocycles. The number of fused-ring (bicyclic) bond motifs is 3. The van der Waals surface area contributed by atoms with E-state index in [1.807, 2.05) is 0 Å². The highest BCUT2D eigenvalue weighted by Gasteiger charge is 2.63. The van der Waals surface area contributed by atoms with E-state index >= 15 is 0 Å². The first-order chi connectivity index (χ1) is 7.04. The third kappa shape index (κ3) is 1.20. The van der Waals surface area contributed by atoms with Gasteiger partial charge in [-0.3, -0.25) is 0 Å². The first-order valence-corrected chi connectivity index (χ1v) is 6.70. The second-order valence-corrected chi connectivity index (χ2v) is 6.86. The van der Waals surface area contributed by atoms with Crippen LogP contribution in [0.4, 0.5) is 0 Å². The first kappa shape index (κ1) is 9.93. The van der Waals surface area contributed by atoms with Gasteiger partial charge in [-0.25, -0.2) is 0 Å². The van der Waals surface area contributed by atoms with Crippen LogP contribution in [-0.4, -0.2) is 0 Å².